The molecule has 0 aliphatic rings. The third-order valence-electron chi connectivity index (χ3n) is 2.48. The lowest BCUT2D eigenvalue weighted by Crippen LogP contribution is -2.35. The van der Waals surface area contributed by atoms with Crippen LogP contribution in [0.25, 0.3) is 0 Å². The molecule has 0 bridgehead atoms. The summed E-state index contributed by atoms with van der Waals surface area (Å²) in [4.78, 5) is 12.6. The summed E-state index contributed by atoms with van der Waals surface area (Å²) in [6.45, 7) is 9.08. The number of benzene rings is 1. The van der Waals surface area contributed by atoms with E-state index in [1.54, 1.807) is 13.8 Å². The lowest BCUT2D eigenvalue weighted by atomic mass is 9.96. The summed E-state index contributed by atoms with van der Waals surface area (Å²) in [5.74, 6) is 0.337. The molecule has 20 heavy (non-hydrogen) atoms. The molecule has 0 heterocycles. The zero-order valence-corrected chi connectivity index (χ0v) is 13.4. The Bertz CT molecular complexity index is 489. The summed E-state index contributed by atoms with van der Waals surface area (Å²) in [6, 6.07) is 4.32. The first kappa shape index (κ1) is 16.7. The highest BCUT2D eigenvalue weighted by atomic mass is 32.2. The van der Waals surface area contributed by atoms with Gasteiger partial charge in [0, 0.05) is 5.75 Å². The van der Waals surface area contributed by atoms with E-state index in [2.05, 4.69) is 0 Å². The summed E-state index contributed by atoms with van der Waals surface area (Å²) < 4.78 is 5.38. The summed E-state index contributed by atoms with van der Waals surface area (Å²) in [5.41, 5.74) is -1.21. The number of hydrogen-bond acceptors (Lipinski definition) is 5. The van der Waals surface area contributed by atoms with Gasteiger partial charge in [-0.25, -0.2) is 0 Å². The van der Waals surface area contributed by atoms with Crippen molar-refractivity contribution >= 4 is 17.7 Å². The molecule has 0 saturated carbocycles. The SMILES string of the molecule is CC(C)(C)OC(=O)C(C)(C)CSc1cc(O)ccc1O. The van der Waals surface area contributed by atoms with E-state index < -0.39 is 11.0 Å². The van der Waals surface area contributed by atoms with Crippen molar-refractivity contribution in [1.82, 2.24) is 0 Å². The van der Waals surface area contributed by atoms with Gasteiger partial charge < -0.3 is 14.9 Å². The van der Waals surface area contributed by atoms with Crippen molar-refractivity contribution in [2.45, 2.75) is 45.1 Å². The molecule has 4 nitrogen and oxygen atoms in total. The van der Waals surface area contributed by atoms with Crippen LogP contribution in [0.15, 0.2) is 23.1 Å². The molecule has 0 fully saturated rings. The van der Waals surface area contributed by atoms with Crippen LogP contribution >= 0.6 is 11.8 Å². The highest BCUT2D eigenvalue weighted by Crippen LogP contribution is 2.36. The van der Waals surface area contributed by atoms with Gasteiger partial charge in [-0.15, -0.1) is 11.8 Å². The molecule has 2 N–H and O–H groups in total. The predicted molar refractivity (Wildman–Crippen MR) is 80.1 cm³/mol. The van der Waals surface area contributed by atoms with Gasteiger partial charge in [0.1, 0.15) is 17.1 Å². The highest BCUT2D eigenvalue weighted by molar-refractivity contribution is 7.99. The first-order valence-electron chi connectivity index (χ1n) is 6.39. The molecular formula is C15H22O4S. The Labute approximate surface area is 124 Å². The molecule has 112 valence electrons. The zero-order valence-electron chi connectivity index (χ0n) is 12.6. The molecule has 0 aliphatic carbocycles. The van der Waals surface area contributed by atoms with E-state index in [9.17, 15) is 15.0 Å². The van der Waals surface area contributed by atoms with Crippen molar-refractivity contribution < 1.29 is 19.7 Å². The van der Waals surface area contributed by atoms with Crippen LogP contribution in [0.2, 0.25) is 0 Å². The zero-order chi connectivity index (χ0) is 15.6. The van der Waals surface area contributed by atoms with Crippen molar-refractivity contribution in [3.05, 3.63) is 18.2 Å². The van der Waals surface area contributed by atoms with Gasteiger partial charge in [0.05, 0.1) is 10.3 Å². The van der Waals surface area contributed by atoms with Crippen LogP contribution < -0.4 is 0 Å². The summed E-state index contributed by atoms with van der Waals surface area (Å²) in [5, 5.41) is 19.1. The second-order valence-corrected chi connectivity index (χ2v) is 7.34. The molecule has 0 aliphatic heterocycles. The maximum absolute atomic E-state index is 12.1. The number of carbonyl (C=O) groups is 1. The fraction of sp³-hybridized carbons (Fsp3) is 0.533. The normalized spacial score (nSPS) is 12.2. The Balaban J connectivity index is 2.72. The summed E-state index contributed by atoms with van der Waals surface area (Å²) >= 11 is 1.31. The van der Waals surface area contributed by atoms with E-state index >= 15 is 0 Å². The van der Waals surface area contributed by atoms with E-state index in [0.717, 1.165) is 0 Å². The van der Waals surface area contributed by atoms with Crippen molar-refractivity contribution in [2.24, 2.45) is 5.41 Å². The van der Waals surface area contributed by atoms with Crippen molar-refractivity contribution in [3.63, 3.8) is 0 Å². The minimum absolute atomic E-state index is 0.0837. The maximum Gasteiger partial charge on any atom is 0.312 e. The Morgan fingerprint density at radius 2 is 1.80 bits per heavy atom. The second kappa shape index (κ2) is 5.95. The fourth-order valence-electron chi connectivity index (χ4n) is 1.35. The smallest absolute Gasteiger partial charge is 0.312 e. The number of esters is 1. The monoisotopic (exact) mass is 298 g/mol. The van der Waals surface area contributed by atoms with Gasteiger partial charge in [-0.1, -0.05) is 0 Å². The van der Waals surface area contributed by atoms with Crippen LogP contribution in [-0.2, 0) is 9.53 Å². The van der Waals surface area contributed by atoms with Crippen LogP contribution in [0.3, 0.4) is 0 Å². The number of rotatable bonds is 4. The van der Waals surface area contributed by atoms with E-state index in [1.165, 1.54) is 30.0 Å². The number of phenolic OH excluding ortho intramolecular Hbond substituents is 2. The lowest BCUT2D eigenvalue weighted by molar-refractivity contribution is -0.164. The van der Waals surface area contributed by atoms with Gasteiger partial charge >= 0.3 is 5.97 Å². The largest absolute Gasteiger partial charge is 0.508 e. The lowest BCUT2D eigenvalue weighted by Gasteiger charge is -2.28. The highest BCUT2D eigenvalue weighted by Gasteiger charge is 2.32. The number of phenols is 2. The molecule has 0 saturated heterocycles. The predicted octanol–water partition coefficient (Wildman–Crippen LogP) is 3.56. The molecule has 0 atom stereocenters. The van der Waals surface area contributed by atoms with E-state index in [1.807, 2.05) is 20.8 Å². The first-order valence-corrected chi connectivity index (χ1v) is 7.38. The molecule has 0 unspecified atom stereocenters. The standard InChI is InChI=1S/C15H22O4S/c1-14(2,3)19-13(18)15(4,5)9-20-12-8-10(16)6-7-11(12)17/h6-8,16-17H,9H2,1-5H3. The van der Waals surface area contributed by atoms with Crippen LogP contribution in [0, 0.1) is 5.41 Å². The van der Waals surface area contributed by atoms with E-state index in [-0.39, 0.29) is 17.5 Å². The number of aromatic hydroxyl groups is 2. The van der Waals surface area contributed by atoms with Gasteiger partial charge in [0.2, 0.25) is 0 Å². The third-order valence-corrected chi connectivity index (χ3v) is 3.99. The van der Waals surface area contributed by atoms with Crippen molar-refractivity contribution in [2.75, 3.05) is 5.75 Å². The van der Waals surface area contributed by atoms with Crippen molar-refractivity contribution in [3.8, 4) is 11.5 Å². The van der Waals surface area contributed by atoms with E-state index in [4.69, 9.17) is 4.74 Å². The Morgan fingerprint density at radius 3 is 2.35 bits per heavy atom. The second-order valence-electron chi connectivity index (χ2n) is 6.33. The molecule has 5 heteroatoms. The quantitative estimate of drug-likeness (QED) is 0.505. The Morgan fingerprint density at radius 1 is 1.20 bits per heavy atom. The van der Waals surface area contributed by atoms with Crippen LogP contribution in [0.5, 0.6) is 11.5 Å². The molecule has 0 amide bonds. The van der Waals surface area contributed by atoms with Crippen molar-refractivity contribution in [1.29, 1.82) is 0 Å². The molecule has 1 aromatic carbocycles. The molecule has 0 spiro atoms. The topological polar surface area (TPSA) is 66.8 Å². The minimum atomic E-state index is -0.685. The van der Waals surface area contributed by atoms with Gasteiger partial charge in [-0.05, 0) is 52.8 Å². The fourth-order valence-corrected chi connectivity index (χ4v) is 2.41. The Hall–Kier alpha value is -1.36. The molecule has 1 aromatic rings. The number of thioether (sulfide) groups is 1. The van der Waals surface area contributed by atoms with Gasteiger partial charge in [-0.3, -0.25) is 4.79 Å². The van der Waals surface area contributed by atoms with Gasteiger partial charge in [-0.2, -0.15) is 0 Å². The molecule has 1 rings (SSSR count). The van der Waals surface area contributed by atoms with E-state index in [0.29, 0.717) is 10.6 Å². The average molecular weight is 298 g/mol. The minimum Gasteiger partial charge on any atom is -0.508 e. The number of ether oxygens (including phenoxy) is 1. The first-order chi connectivity index (χ1) is 9.01. The van der Waals surface area contributed by atoms with Crippen LogP contribution in [0.4, 0.5) is 0 Å². The van der Waals surface area contributed by atoms with Crippen LogP contribution in [0.1, 0.15) is 34.6 Å². The summed E-state index contributed by atoms with van der Waals surface area (Å²) in [6.07, 6.45) is 0. The van der Waals surface area contributed by atoms with Crippen LogP contribution in [-0.4, -0.2) is 27.5 Å². The summed E-state index contributed by atoms with van der Waals surface area (Å²) in [7, 11) is 0. The number of hydrogen-bond donors (Lipinski definition) is 2. The molecule has 0 aromatic heterocycles. The van der Waals surface area contributed by atoms with Gasteiger partial charge in [0.15, 0.2) is 0 Å². The van der Waals surface area contributed by atoms with Gasteiger partial charge in [0.25, 0.3) is 0 Å². The maximum atomic E-state index is 12.1. The molecule has 0 radical (unpaired) electrons. The third kappa shape index (κ3) is 4.96. The number of carbonyl (C=O) groups excluding carboxylic acids is 1. The molecular weight excluding hydrogens is 276 g/mol. The Kier molecular flexibility index (Phi) is 4.97. The average Bonchev–Trinajstić information content (AvgIpc) is 2.28.